The Hall–Kier alpha value is -7.22. The number of hydrogen-bond acceptors (Lipinski definition) is 1. The Balaban J connectivity index is 0.982. The molecule has 0 radical (unpaired) electrons. The molecule has 0 spiro atoms. The summed E-state index contributed by atoms with van der Waals surface area (Å²) < 4.78 is 0. The van der Waals surface area contributed by atoms with Gasteiger partial charge in [-0.05, 0) is 143 Å². The molecule has 0 saturated carbocycles. The van der Waals surface area contributed by atoms with Crippen molar-refractivity contribution in [2.75, 3.05) is 4.90 Å². The van der Waals surface area contributed by atoms with Crippen LogP contribution in [0.15, 0.2) is 212 Å². The van der Waals surface area contributed by atoms with Crippen LogP contribution < -0.4 is 4.90 Å². The van der Waals surface area contributed by atoms with Gasteiger partial charge >= 0.3 is 0 Å². The van der Waals surface area contributed by atoms with Gasteiger partial charge in [-0.25, -0.2) is 0 Å². The molecular weight excluding hydrogens is 699 g/mol. The minimum Gasteiger partial charge on any atom is -0.311 e. The molecule has 0 aliphatic heterocycles. The number of nitrogens with zero attached hydrogens (tertiary/aromatic N) is 1. The number of hydrogen-bond donors (Lipinski definition) is 0. The van der Waals surface area contributed by atoms with E-state index < -0.39 is 0 Å². The fraction of sp³-hybridized carbons (Fsp3) is 0.0526. The van der Waals surface area contributed by atoms with E-state index >= 15 is 0 Å². The fourth-order valence-corrected chi connectivity index (χ4v) is 9.39. The third kappa shape index (κ3) is 5.62. The lowest BCUT2D eigenvalue weighted by Crippen LogP contribution is -2.14. The molecule has 0 N–H and O–H groups in total. The smallest absolute Gasteiger partial charge is 0.0462 e. The van der Waals surface area contributed by atoms with Crippen LogP contribution in [0.1, 0.15) is 25.0 Å². The molecule has 58 heavy (non-hydrogen) atoms. The standard InChI is InChI=1S/C57H41N/c1-57(2)55-18-10-9-17-52(55)53-34-27-44(37-56(53)57)40-23-30-47(31-24-40)58(46-28-21-39(22-29-46)43-20-19-38-11-3-4-12-42(38)35-43)48-32-25-41(26-33-48)54-36-45-13-5-6-14-49(45)50-15-7-8-16-51(50)54/h3-37H,1-2H3. The first kappa shape index (κ1) is 34.1. The van der Waals surface area contributed by atoms with Gasteiger partial charge < -0.3 is 4.90 Å². The highest BCUT2D eigenvalue weighted by molar-refractivity contribution is 6.13. The molecular formula is C57H41N. The van der Waals surface area contributed by atoms with E-state index in [1.807, 2.05) is 0 Å². The molecule has 0 fully saturated rings. The zero-order chi connectivity index (χ0) is 38.8. The van der Waals surface area contributed by atoms with Gasteiger partial charge in [-0.1, -0.05) is 172 Å². The average Bonchev–Trinajstić information content (AvgIpc) is 3.52. The van der Waals surface area contributed by atoms with Crippen LogP contribution in [0.3, 0.4) is 0 Å². The van der Waals surface area contributed by atoms with E-state index in [-0.39, 0.29) is 5.41 Å². The molecule has 0 unspecified atom stereocenters. The van der Waals surface area contributed by atoms with Crippen molar-refractivity contribution in [2.24, 2.45) is 0 Å². The number of rotatable bonds is 6. The summed E-state index contributed by atoms with van der Waals surface area (Å²) in [6.45, 7) is 4.70. The van der Waals surface area contributed by atoms with Crippen LogP contribution in [-0.4, -0.2) is 0 Å². The first-order valence-electron chi connectivity index (χ1n) is 20.2. The Morgan fingerprint density at radius 2 is 0.776 bits per heavy atom. The van der Waals surface area contributed by atoms with E-state index in [2.05, 4.69) is 231 Å². The van der Waals surface area contributed by atoms with Crippen LogP contribution >= 0.6 is 0 Å². The normalized spacial score (nSPS) is 12.8. The number of benzene rings is 10. The molecule has 1 heteroatoms. The maximum atomic E-state index is 2.41. The number of anilines is 3. The monoisotopic (exact) mass is 739 g/mol. The van der Waals surface area contributed by atoms with Gasteiger partial charge in [-0.2, -0.15) is 0 Å². The Bertz CT molecular complexity index is 3170. The second-order valence-electron chi connectivity index (χ2n) is 16.2. The Morgan fingerprint density at radius 1 is 0.293 bits per heavy atom. The van der Waals surface area contributed by atoms with Crippen LogP contribution in [0.2, 0.25) is 0 Å². The minimum atomic E-state index is -0.0387. The quantitative estimate of drug-likeness (QED) is 0.154. The third-order valence-corrected chi connectivity index (χ3v) is 12.5. The van der Waals surface area contributed by atoms with Gasteiger partial charge in [0, 0.05) is 22.5 Å². The lowest BCUT2D eigenvalue weighted by Gasteiger charge is -2.26. The molecule has 0 bridgehead atoms. The lowest BCUT2D eigenvalue weighted by molar-refractivity contribution is 0.660. The molecule has 10 aromatic rings. The summed E-state index contributed by atoms with van der Waals surface area (Å²) in [5.74, 6) is 0. The molecule has 0 aromatic heterocycles. The van der Waals surface area contributed by atoms with Gasteiger partial charge in [0.1, 0.15) is 0 Å². The molecule has 11 rings (SSSR count). The van der Waals surface area contributed by atoms with Crippen LogP contribution in [-0.2, 0) is 5.41 Å². The van der Waals surface area contributed by atoms with Gasteiger partial charge in [0.05, 0.1) is 0 Å². The molecule has 1 aliphatic rings. The molecule has 10 aromatic carbocycles. The van der Waals surface area contributed by atoms with E-state index in [9.17, 15) is 0 Å². The van der Waals surface area contributed by atoms with Crippen molar-refractivity contribution in [1.82, 2.24) is 0 Å². The zero-order valence-electron chi connectivity index (χ0n) is 32.7. The van der Waals surface area contributed by atoms with Crippen LogP contribution in [0.4, 0.5) is 17.1 Å². The van der Waals surface area contributed by atoms with Gasteiger partial charge in [-0.3, -0.25) is 0 Å². The summed E-state index contributed by atoms with van der Waals surface area (Å²) in [6.07, 6.45) is 0. The predicted octanol–water partition coefficient (Wildman–Crippen LogP) is 15.9. The first-order chi connectivity index (χ1) is 28.5. The van der Waals surface area contributed by atoms with Gasteiger partial charge in [0.25, 0.3) is 0 Å². The van der Waals surface area contributed by atoms with Crippen LogP contribution in [0, 0.1) is 0 Å². The summed E-state index contributed by atoms with van der Waals surface area (Å²) in [5.41, 5.74) is 16.1. The van der Waals surface area contributed by atoms with Crippen molar-refractivity contribution >= 4 is 49.4 Å². The van der Waals surface area contributed by atoms with Crippen molar-refractivity contribution in [1.29, 1.82) is 0 Å². The highest BCUT2D eigenvalue weighted by Crippen LogP contribution is 2.50. The van der Waals surface area contributed by atoms with Crippen molar-refractivity contribution in [3.05, 3.63) is 223 Å². The SMILES string of the molecule is CC1(C)c2ccccc2-c2ccc(-c3ccc(N(c4ccc(-c5ccc6ccccc6c5)cc4)c4ccc(-c5cc6ccccc6c6ccccc56)cc4)cc3)cc21. The van der Waals surface area contributed by atoms with Crippen molar-refractivity contribution in [2.45, 2.75) is 19.3 Å². The summed E-state index contributed by atoms with van der Waals surface area (Å²) in [5, 5.41) is 7.60. The van der Waals surface area contributed by atoms with E-state index in [0.29, 0.717) is 0 Å². The second-order valence-corrected chi connectivity index (χ2v) is 16.2. The van der Waals surface area contributed by atoms with Gasteiger partial charge in [0.15, 0.2) is 0 Å². The van der Waals surface area contributed by atoms with Crippen LogP contribution in [0.5, 0.6) is 0 Å². The number of fused-ring (bicyclic) bond motifs is 7. The van der Waals surface area contributed by atoms with E-state index in [0.717, 1.165) is 17.1 Å². The van der Waals surface area contributed by atoms with Crippen molar-refractivity contribution in [3.63, 3.8) is 0 Å². The summed E-state index contributed by atoms with van der Waals surface area (Å²) in [4.78, 5) is 2.37. The van der Waals surface area contributed by atoms with E-state index in [1.165, 1.54) is 88.0 Å². The van der Waals surface area contributed by atoms with Gasteiger partial charge in [-0.15, -0.1) is 0 Å². The van der Waals surface area contributed by atoms with E-state index in [4.69, 9.17) is 0 Å². The Kier molecular flexibility index (Phi) is 7.91. The molecule has 274 valence electrons. The van der Waals surface area contributed by atoms with Crippen molar-refractivity contribution < 1.29 is 0 Å². The van der Waals surface area contributed by atoms with E-state index in [1.54, 1.807) is 0 Å². The highest BCUT2D eigenvalue weighted by atomic mass is 15.1. The highest BCUT2D eigenvalue weighted by Gasteiger charge is 2.35. The minimum absolute atomic E-state index is 0.0387. The Morgan fingerprint density at radius 3 is 1.47 bits per heavy atom. The average molecular weight is 740 g/mol. The second kappa shape index (κ2) is 13.5. The summed E-state index contributed by atoms with van der Waals surface area (Å²) >= 11 is 0. The third-order valence-electron chi connectivity index (χ3n) is 12.5. The lowest BCUT2D eigenvalue weighted by atomic mass is 9.81. The topological polar surface area (TPSA) is 3.24 Å². The molecule has 0 atom stereocenters. The molecule has 0 saturated heterocycles. The van der Waals surface area contributed by atoms with Crippen molar-refractivity contribution in [3.8, 4) is 44.5 Å². The maximum Gasteiger partial charge on any atom is 0.0462 e. The summed E-state index contributed by atoms with van der Waals surface area (Å²) in [6, 6.07) is 78.1. The molecule has 1 aliphatic carbocycles. The first-order valence-corrected chi connectivity index (χ1v) is 20.2. The maximum absolute atomic E-state index is 2.41. The summed E-state index contributed by atoms with van der Waals surface area (Å²) in [7, 11) is 0. The fourth-order valence-electron chi connectivity index (χ4n) is 9.39. The molecule has 1 nitrogen and oxygen atoms in total. The predicted molar refractivity (Wildman–Crippen MR) is 248 cm³/mol. The Labute approximate surface area is 340 Å². The molecule has 0 amide bonds. The zero-order valence-corrected chi connectivity index (χ0v) is 32.7. The van der Waals surface area contributed by atoms with Gasteiger partial charge in [0.2, 0.25) is 0 Å². The largest absolute Gasteiger partial charge is 0.311 e. The molecule has 0 heterocycles. The van der Waals surface area contributed by atoms with Crippen LogP contribution in [0.25, 0.3) is 76.8 Å².